The normalized spacial score (nSPS) is 12.1. The van der Waals surface area contributed by atoms with Gasteiger partial charge in [0, 0.05) is 6.20 Å². The first-order valence-electron chi connectivity index (χ1n) is 4.37. The summed E-state index contributed by atoms with van der Waals surface area (Å²) >= 11 is 0. The molecule has 0 aliphatic carbocycles. The number of halogens is 4. The van der Waals surface area contributed by atoms with E-state index in [1.54, 1.807) is 0 Å². The Bertz CT molecular complexity index is 482. The number of aromatic nitrogens is 2. The molecule has 0 fully saturated rings. The molecule has 1 aromatic rings. The lowest BCUT2D eigenvalue weighted by atomic mass is 10.3. The van der Waals surface area contributed by atoms with E-state index < -0.39 is 36.8 Å². The van der Waals surface area contributed by atoms with Crippen molar-refractivity contribution < 1.29 is 22.3 Å². The van der Waals surface area contributed by atoms with Gasteiger partial charge in [0.15, 0.2) is 0 Å². The van der Waals surface area contributed by atoms with Crippen LogP contribution in [0.4, 0.5) is 17.6 Å². The van der Waals surface area contributed by atoms with Gasteiger partial charge in [-0.15, -0.1) is 0 Å². The minimum atomic E-state index is -4.27. The van der Waals surface area contributed by atoms with Crippen LogP contribution in [0, 0.1) is 0 Å². The molecule has 0 aromatic carbocycles. The quantitative estimate of drug-likeness (QED) is 0.752. The minimum Gasteiger partial charge on any atom is -0.370 e. The third-order valence-corrected chi connectivity index (χ3v) is 1.77. The summed E-state index contributed by atoms with van der Waals surface area (Å²) in [5.41, 5.74) is -1.74. The van der Waals surface area contributed by atoms with Gasteiger partial charge in [-0.1, -0.05) is 0 Å². The predicted molar refractivity (Wildman–Crippen MR) is 48.3 cm³/mol. The number of aromatic amines is 2. The molecule has 9 heteroatoms. The maximum Gasteiger partial charge on any atom is 0.330 e. The topological polar surface area (TPSA) is 75.0 Å². The number of nitrogens with one attached hydrogen (secondary N) is 2. The lowest BCUT2D eigenvalue weighted by Crippen LogP contribution is -2.33. The second-order valence-electron chi connectivity index (χ2n) is 3.15. The molecule has 0 saturated carbocycles. The van der Waals surface area contributed by atoms with Crippen LogP contribution < -0.4 is 11.2 Å². The zero-order valence-corrected chi connectivity index (χ0v) is 8.31. The largest absolute Gasteiger partial charge is 0.370 e. The highest BCUT2D eigenvalue weighted by Crippen LogP contribution is 2.22. The monoisotopic (exact) mass is 256 g/mol. The lowest BCUT2D eigenvalue weighted by molar-refractivity contribution is -0.168. The van der Waals surface area contributed by atoms with Crippen LogP contribution in [0.3, 0.4) is 0 Å². The van der Waals surface area contributed by atoms with E-state index in [1.807, 2.05) is 4.98 Å². The van der Waals surface area contributed by atoms with Gasteiger partial charge in [0.2, 0.25) is 0 Å². The van der Waals surface area contributed by atoms with Crippen molar-refractivity contribution in [2.24, 2.45) is 0 Å². The molecular weight excluding hydrogens is 248 g/mol. The number of alkyl halides is 4. The van der Waals surface area contributed by atoms with Crippen LogP contribution in [0.15, 0.2) is 15.8 Å². The van der Waals surface area contributed by atoms with E-state index in [9.17, 15) is 27.2 Å². The fourth-order valence-electron chi connectivity index (χ4n) is 0.905. The van der Waals surface area contributed by atoms with Crippen molar-refractivity contribution in [2.45, 2.75) is 19.0 Å². The maximum absolute atomic E-state index is 12.4. The molecule has 1 rings (SSSR count). The highest BCUT2D eigenvalue weighted by molar-refractivity contribution is 5.01. The van der Waals surface area contributed by atoms with Gasteiger partial charge in [-0.25, -0.2) is 13.6 Å². The maximum atomic E-state index is 12.4. The fraction of sp³-hybridized carbons (Fsp3) is 0.500. The minimum absolute atomic E-state index is 0.144. The molecule has 0 aliphatic rings. The van der Waals surface area contributed by atoms with Crippen molar-refractivity contribution in [3.8, 4) is 0 Å². The molecule has 2 N–H and O–H groups in total. The summed E-state index contributed by atoms with van der Waals surface area (Å²) in [6.45, 7) is -2.11. The Morgan fingerprint density at radius 3 is 2.53 bits per heavy atom. The van der Waals surface area contributed by atoms with E-state index in [4.69, 9.17) is 0 Å². The second kappa shape index (κ2) is 5.13. The number of ether oxygens (including phenoxy) is 1. The van der Waals surface area contributed by atoms with E-state index in [2.05, 4.69) is 9.72 Å². The van der Waals surface area contributed by atoms with Crippen molar-refractivity contribution >= 4 is 0 Å². The van der Waals surface area contributed by atoms with Gasteiger partial charge >= 0.3 is 18.0 Å². The molecule has 0 spiro atoms. The number of H-pyrrole nitrogens is 2. The highest BCUT2D eigenvalue weighted by atomic mass is 19.3. The smallest absolute Gasteiger partial charge is 0.330 e. The Labute approximate surface area is 91.4 Å². The summed E-state index contributed by atoms with van der Waals surface area (Å²) in [4.78, 5) is 25.5. The molecule has 0 saturated heterocycles. The molecule has 96 valence electrons. The second-order valence-corrected chi connectivity index (χ2v) is 3.15. The van der Waals surface area contributed by atoms with Gasteiger partial charge in [0.1, 0.15) is 6.61 Å². The highest BCUT2D eigenvalue weighted by Gasteiger charge is 2.40. The third-order valence-electron chi connectivity index (χ3n) is 1.77. The molecule has 0 radical (unpaired) electrons. The van der Waals surface area contributed by atoms with Gasteiger partial charge in [0.25, 0.3) is 5.56 Å². The summed E-state index contributed by atoms with van der Waals surface area (Å²) in [6, 6.07) is 0. The molecule has 5 nitrogen and oxygen atoms in total. The zero-order valence-electron chi connectivity index (χ0n) is 8.31. The van der Waals surface area contributed by atoms with Crippen molar-refractivity contribution in [1.82, 2.24) is 9.97 Å². The summed E-state index contributed by atoms with van der Waals surface area (Å²) < 4.78 is 52.5. The van der Waals surface area contributed by atoms with Crippen LogP contribution in [0.25, 0.3) is 0 Å². The van der Waals surface area contributed by atoms with Gasteiger partial charge in [0.05, 0.1) is 12.2 Å². The molecule has 0 amide bonds. The van der Waals surface area contributed by atoms with E-state index in [0.29, 0.717) is 0 Å². The average Bonchev–Trinajstić information content (AvgIpc) is 2.21. The zero-order chi connectivity index (χ0) is 13.1. The van der Waals surface area contributed by atoms with Crippen LogP contribution in [0.2, 0.25) is 0 Å². The Morgan fingerprint density at radius 2 is 2.00 bits per heavy atom. The Balaban J connectivity index is 2.58. The molecular formula is C8H8F4N2O3. The average molecular weight is 256 g/mol. The summed E-state index contributed by atoms with van der Waals surface area (Å²) in [7, 11) is 0. The fourth-order valence-corrected chi connectivity index (χ4v) is 0.905. The molecule has 0 bridgehead atoms. The van der Waals surface area contributed by atoms with Gasteiger partial charge in [-0.05, 0) is 0 Å². The third kappa shape index (κ3) is 3.70. The lowest BCUT2D eigenvalue weighted by Gasteiger charge is -2.14. The molecule has 17 heavy (non-hydrogen) atoms. The summed E-state index contributed by atoms with van der Waals surface area (Å²) in [6.07, 6.45) is -2.88. The first-order chi connectivity index (χ1) is 7.83. The van der Waals surface area contributed by atoms with Crippen molar-refractivity contribution in [1.29, 1.82) is 0 Å². The van der Waals surface area contributed by atoms with Crippen molar-refractivity contribution in [2.75, 3.05) is 6.61 Å². The number of hydrogen-bond acceptors (Lipinski definition) is 3. The van der Waals surface area contributed by atoms with Gasteiger partial charge < -0.3 is 9.72 Å². The van der Waals surface area contributed by atoms with Gasteiger partial charge in [-0.2, -0.15) is 8.78 Å². The SMILES string of the molecule is O=c1[nH]cc(COCC(F)(F)C(F)F)c(=O)[nH]1. The van der Waals surface area contributed by atoms with Crippen LogP contribution in [0.1, 0.15) is 5.56 Å². The van der Waals surface area contributed by atoms with Crippen LogP contribution >= 0.6 is 0 Å². The summed E-state index contributed by atoms with van der Waals surface area (Å²) in [5.74, 6) is -4.27. The first kappa shape index (κ1) is 13.4. The van der Waals surface area contributed by atoms with E-state index in [0.717, 1.165) is 6.20 Å². The Hall–Kier alpha value is -1.64. The molecule has 0 unspecified atom stereocenters. The molecule has 0 aliphatic heterocycles. The molecule has 1 heterocycles. The Morgan fingerprint density at radius 1 is 1.35 bits per heavy atom. The standard InChI is InChI=1S/C8H8F4N2O3/c9-6(10)8(11,12)3-17-2-4-1-13-7(16)14-5(4)15/h1,6H,2-3H2,(H2,13,14,15,16). The van der Waals surface area contributed by atoms with E-state index in [1.165, 1.54) is 0 Å². The van der Waals surface area contributed by atoms with Gasteiger partial charge in [-0.3, -0.25) is 9.78 Å². The van der Waals surface area contributed by atoms with Crippen LogP contribution in [0.5, 0.6) is 0 Å². The van der Waals surface area contributed by atoms with Crippen LogP contribution in [-0.2, 0) is 11.3 Å². The number of hydrogen-bond donors (Lipinski definition) is 2. The molecule has 1 aromatic heterocycles. The first-order valence-corrected chi connectivity index (χ1v) is 4.37. The Kier molecular flexibility index (Phi) is 4.05. The van der Waals surface area contributed by atoms with Crippen molar-refractivity contribution in [3.05, 3.63) is 32.6 Å². The molecule has 0 atom stereocenters. The van der Waals surface area contributed by atoms with E-state index in [-0.39, 0.29) is 5.56 Å². The predicted octanol–water partition coefficient (Wildman–Crippen LogP) is 0.480. The van der Waals surface area contributed by atoms with E-state index >= 15 is 0 Å². The number of rotatable bonds is 5. The van der Waals surface area contributed by atoms with Crippen LogP contribution in [-0.4, -0.2) is 28.9 Å². The van der Waals surface area contributed by atoms with Crippen molar-refractivity contribution in [3.63, 3.8) is 0 Å². The summed E-state index contributed by atoms with van der Waals surface area (Å²) in [5, 5.41) is 0.